The van der Waals surface area contributed by atoms with E-state index in [-0.39, 0.29) is 11.5 Å². The molecule has 0 aliphatic heterocycles. The topological polar surface area (TPSA) is 25.5 Å². The molecule has 0 saturated carbocycles. The maximum atomic E-state index is 5.29. The molecule has 1 rings (SSSR count). The fourth-order valence-electron chi connectivity index (χ4n) is 2.93. The van der Waals surface area contributed by atoms with Gasteiger partial charge in [-0.05, 0) is 31.9 Å². The van der Waals surface area contributed by atoms with Gasteiger partial charge in [0.25, 0.3) is 0 Å². The summed E-state index contributed by atoms with van der Waals surface area (Å²) in [7, 11) is 3.54. The van der Waals surface area contributed by atoms with Gasteiger partial charge in [-0.25, -0.2) is 0 Å². The zero-order valence-electron chi connectivity index (χ0n) is 14.6. The van der Waals surface area contributed by atoms with Crippen LogP contribution in [0.3, 0.4) is 0 Å². The molecule has 0 radical (unpaired) electrons. The molecule has 120 valence electrons. The van der Waals surface area contributed by atoms with Crippen LogP contribution in [0.1, 0.15) is 36.2 Å². The van der Waals surface area contributed by atoms with E-state index in [9.17, 15) is 0 Å². The van der Waals surface area contributed by atoms with Crippen molar-refractivity contribution < 1.29 is 9.30 Å². The van der Waals surface area contributed by atoms with E-state index in [4.69, 9.17) is 4.74 Å². The minimum atomic E-state index is -0.149. The first-order valence-corrected chi connectivity index (χ1v) is 7.63. The Morgan fingerprint density at radius 1 is 1.41 bits per heavy atom. The Morgan fingerprint density at radius 3 is 2.59 bits per heavy atom. The van der Waals surface area contributed by atoms with Gasteiger partial charge in [0.15, 0.2) is 17.9 Å². The first-order chi connectivity index (χ1) is 10.4. The predicted octanol–water partition coefficient (Wildman–Crippen LogP) is 3.70. The number of hydrogen-bond donors (Lipinski definition) is 0. The summed E-state index contributed by atoms with van der Waals surface area (Å²) in [4.78, 5) is 4.28. The third-order valence-corrected chi connectivity index (χ3v) is 4.47. The van der Waals surface area contributed by atoms with Gasteiger partial charge >= 0.3 is 0 Å². The summed E-state index contributed by atoms with van der Waals surface area (Å²) in [6, 6.07) is 2.22. The molecule has 0 aromatic carbocycles. The van der Waals surface area contributed by atoms with Crippen molar-refractivity contribution in [3.63, 3.8) is 0 Å². The number of methoxy groups -OCH3 is 1. The van der Waals surface area contributed by atoms with Crippen molar-refractivity contribution in [2.45, 2.75) is 33.2 Å². The fraction of sp³-hybridized carbons (Fsp3) is 0.474. The fourth-order valence-corrected chi connectivity index (χ4v) is 2.93. The Balaban J connectivity index is 3.37. The standard InChI is InChI=1S/C19H29N2O/c1-8-17-10-12-21(16(4)15(17)3)18(9-2)19(5,14-20-6)11-13-22-7/h8-10,12,14,18H,1-2,11,13H2,3-7H3/q+1/t18?,19-/m0/s1. The van der Waals surface area contributed by atoms with E-state index in [1.165, 1.54) is 16.8 Å². The Kier molecular flexibility index (Phi) is 6.69. The minimum absolute atomic E-state index is 0.115. The van der Waals surface area contributed by atoms with Gasteiger partial charge < -0.3 is 4.74 Å². The summed E-state index contributed by atoms with van der Waals surface area (Å²) >= 11 is 0. The Morgan fingerprint density at radius 2 is 2.09 bits per heavy atom. The van der Waals surface area contributed by atoms with Crippen molar-refractivity contribution in [1.82, 2.24) is 0 Å². The van der Waals surface area contributed by atoms with Crippen molar-refractivity contribution in [2.24, 2.45) is 10.4 Å². The molecule has 0 N–H and O–H groups in total. The Labute approximate surface area is 135 Å². The van der Waals surface area contributed by atoms with E-state index in [0.717, 1.165) is 6.42 Å². The van der Waals surface area contributed by atoms with Gasteiger partial charge in [0.1, 0.15) is 0 Å². The van der Waals surface area contributed by atoms with E-state index in [1.54, 1.807) is 7.11 Å². The van der Waals surface area contributed by atoms with Crippen LogP contribution in [-0.4, -0.2) is 27.0 Å². The second-order valence-corrected chi connectivity index (χ2v) is 5.91. The average molecular weight is 301 g/mol. The van der Waals surface area contributed by atoms with Gasteiger partial charge in [-0.2, -0.15) is 4.57 Å². The Bertz CT molecular complexity index is 563. The summed E-state index contributed by atoms with van der Waals surface area (Å²) in [5.41, 5.74) is 3.48. The second kappa shape index (κ2) is 8.04. The van der Waals surface area contributed by atoms with Gasteiger partial charge in [0.2, 0.25) is 0 Å². The van der Waals surface area contributed by atoms with Gasteiger partial charge in [-0.15, -0.1) is 0 Å². The predicted molar refractivity (Wildman–Crippen MR) is 94.5 cm³/mol. The molecule has 0 saturated heterocycles. The molecule has 1 heterocycles. The van der Waals surface area contributed by atoms with Crippen molar-refractivity contribution >= 4 is 12.3 Å². The van der Waals surface area contributed by atoms with Crippen molar-refractivity contribution in [3.8, 4) is 0 Å². The number of aliphatic imine (C=N–C) groups is 1. The minimum Gasteiger partial charge on any atom is -0.385 e. The molecular formula is C19H29N2O+. The van der Waals surface area contributed by atoms with Gasteiger partial charge in [0, 0.05) is 45.5 Å². The molecule has 0 fully saturated rings. The lowest BCUT2D eigenvalue weighted by molar-refractivity contribution is -0.728. The van der Waals surface area contributed by atoms with E-state index < -0.39 is 0 Å². The molecule has 0 bridgehead atoms. The molecule has 0 aliphatic rings. The highest BCUT2D eigenvalue weighted by atomic mass is 16.5. The SMILES string of the molecule is C=Cc1cc[n+](C(C=C)[C@](C)(C=NC)CCOC)c(C)c1C. The largest absolute Gasteiger partial charge is 0.385 e. The highest BCUT2D eigenvalue weighted by Crippen LogP contribution is 2.31. The second-order valence-electron chi connectivity index (χ2n) is 5.91. The van der Waals surface area contributed by atoms with E-state index in [2.05, 4.69) is 55.8 Å². The van der Waals surface area contributed by atoms with E-state index >= 15 is 0 Å². The number of allylic oxidation sites excluding steroid dienone is 1. The third-order valence-electron chi connectivity index (χ3n) is 4.47. The van der Waals surface area contributed by atoms with Gasteiger partial charge in [0.05, 0.1) is 5.41 Å². The molecule has 0 aliphatic carbocycles. The zero-order chi connectivity index (χ0) is 16.8. The van der Waals surface area contributed by atoms with Crippen LogP contribution in [0.15, 0.2) is 36.5 Å². The number of ether oxygens (including phenoxy) is 1. The molecule has 1 aromatic heterocycles. The highest BCUT2D eigenvalue weighted by molar-refractivity contribution is 5.66. The number of pyridine rings is 1. The number of hydrogen-bond acceptors (Lipinski definition) is 2. The quantitative estimate of drug-likeness (QED) is 0.408. The van der Waals surface area contributed by atoms with Crippen LogP contribution in [0.4, 0.5) is 0 Å². The summed E-state index contributed by atoms with van der Waals surface area (Å²) < 4.78 is 7.56. The lowest BCUT2D eigenvalue weighted by Crippen LogP contribution is -2.50. The van der Waals surface area contributed by atoms with Crippen molar-refractivity contribution in [1.29, 1.82) is 0 Å². The lowest BCUT2D eigenvalue weighted by atomic mass is 9.79. The summed E-state index contributed by atoms with van der Waals surface area (Å²) in [5.74, 6) is 0. The normalized spacial score (nSPS) is 15.5. The zero-order valence-corrected chi connectivity index (χ0v) is 14.6. The van der Waals surface area contributed by atoms with Crippen molar-refractivity contribution in [3.05, 3.63) is 48.3 Å². The van der Waals surface area contributed by atoms with Crippen LogP contribution in [0, 0.1) is 19.3 Å². The Hall–Kier alpha value is -1.74. The molecule has 2 atom stereocenters. The number of nitrogens with zero attached hydrogens (tertiary/aromatic N) is 2. The molecule has 22 heavy (non-hydrogen) atoms. The van der Waals surface area contributed by atoms with Crippen LogP contribution >= 0.6 is 0 Å². The first-order valence-electron chi connectivity index (χ1n) is 7.63. The van der Waals surface area contributed by atoms with Gasteiger partial charge in [-0.3, -0.25) is 4.99 Å². The third kappa shape index (κ3) is 3.72. The summed E-state index contributed by atoms with van der Waals surface area (Å²) in [5, 5.41) is 0. The number of aromatic nitrogens is 1. The highest BCUT2D eigenvalue weighted by Gasteiger charge is 2.38. The van der Waals surface area contributed by atoms with Crippen LogP contribution in [0.25, 0.3) is 6.08 Å². The number of rotatable bonds is 8. The van der Waals surface area contributed by atoms with Crippen LogP contribution in [0.2, 0.25) is 0 Å². The molecule has 0 amide bonds. The van der Waals surface area contributed by atoms with Gasteiger partial charge in [-0.1, -0.05) is 19.2 Å². The molecule has 1 aromatic rings. The maximum absolute atomic E-state index is 5.29. The summed E-state index contributed by atoms with van der Waals surface area (Å²) in [6.45, 7) is 15.1. The maximum Gasteiger partial charge on any atom is 0.186 e. The molecule has 1 unspecified atom stereocenters. The van der Waals surface area contributed by atoms with Crippen LogP contribution < -0.4 is 4.57 Å². The molecule has 3 nitrogen and oxygen atoms in total. The lowest BCUT2D eigenvalue weighted by Gasteiger charge is -2.29. The molecule has 0 spiro atoms. The van der Waals surface area contributed by atoms with E-state index in [0.29, 0.717) is 6.61 Å². The van der Waals surface area contributed by atoms with E-state index in [1.807, 2.05) is 25.4 Å². The molecular weight excluding hydrogens is 272 g/mol. The molecule has 3 heteroatoms. The van der Waals surface area contributed by atoms with Crippen LogP contribution in [-0.2, 0) is 4.74 Å². The smallest absolute Gasteiger partial charge is 0.186 e. The monoisotopic (exact) mass is 301 g/mol. The average Bonchev–Trinajstić information content (AvgIpc) is 2.50. The first kappa shape index (κ1) is 18.3. The van der Waals surface area contributed by atoms with Crippen molar-refractivity contribution in [2.75, 3.05) is 20.8 Å². The summed E-state index contributed by atoms with van der Waals surface area (Å²) in [6.07, 6.45) is 8.90. The van der Waals surface area contributed by atoms with Crippen LogP contribution in [0.5, 0.6) is 0 Å².